The number of thioether (sulfide) groups is 1. The van der Waals surface area contributed by atoms with Crippen LogP contribution >= 0.6 is 11.8 Å². The lowest BCUT2D eigenvalue weighted by Gasteiger charge is -2.24. The molecule has 92 valence electrons. The van der Waals surface area contributed by atoms with E-state index in [9.17, 15) is 0 Å². The van der Waals surface area contributed by atoms with E-state index >= 15 is 0 Å². The first kappa shape index (κ1) is 11.4. The quantitative estimate of drug-likeness (QED) is 0.853. The smallest absolute Gasteiger partial charge is 0.201 e. The first-order valence-electron chi connectivity index (χ1n) is 6.05. The lowest BCUT2D eigenvalue weighted by molar-refractivity contribution is 0.486. The standard InChI is InChI=1S/C13H14N4S/c14-8-9-1-2-11-12(7-9)17(13(15)16-11)10-3-5-18-6-4-10/h1-2,7,10H,3-6H2,(H2,15,16). The number of nitrogen functional groups attached to an aromatic ring is 1. The first-order valence-corrected chi connectivity index (χ1v) is 7.20. The van der Waals surface area contributed by atoms with Crippen LogP contribution in [-0.2, 0) is 0 Å². The maximum atomic E-state index is 8.99. The molecule has 0 aliphatic carbocycles. The molecule has 1 aromatic heterocycles. The van der Waals surface area contributed by atoms with Crippen LogP contribution < -0.4 is 5.73 Å². The molecule has 0 bridgehead atoms. The summed E-state index contributed by atoms with van der Waals surface area (Å²) in [7, 11) is 0. The SMILES string of the molecule is N#Cc1ccc2nc(N)n(C3CCSCC3)c2c1. The highest BCUT2D eigenvalue weighted by Crippen LogP contribution is 2.32. The minimum atomic E-state index is 0.421. The number of benzene rings is 1. The monoisotopic (exact) mass is 258 g/mol. The third kappa shape index (κ3) is 1.83. The van der Waals surface area contributed by atoms with E-state index in [1.165, 1.54) is 11.5 Å². The summed E-state index contributed by atoms with van der Waals surface area (Å²) in [6.45, 7) is 0. The van der Waals surface area contributed by atoms with Gasteiger partial charge >= 0.3 is 0 Å². The Morgan fingerprint density at radius 2 is 2.17 bits per heavy atom. The zero-order valence-electron chi connectivity index (χ0n) is 9.97. The molecule has 2 heterocycles. The number of nitrogens with two attached hydrogens (primary N) is 1. The number of aromatic nitrogens is 2. The molecular weight excluding hydrogens is 244 g/mol. The highest BCUT2D eigenvalue weighted by Gasteiger charge is 2.20. The molecule has 0 radical (unpaired) electrons. The predicted octanol–water partition coefficient (Wildman–Crippen LogP) is 2.56. The fraction of sp³-hybridized carbons (Fsp3) is 0.385. The largest absolute Gasteiger partial charge is 0.369 e. The summed E-state index contributed by atoms with van der Waals surface area (Å²) in [6, 6.07) is 8.14. The van der Waals surface area contributed by atoms with Crippen molar-refractivity contribution in [2.75, 3.05) is 17.2 Å². The molecule has 3 rings (SSSR count). The van der Waals surface area contributed by atoms with Crippen LogP contribution in [0.15, 0.2) is 18.2 Å². The first-order chi connectivity index (χ1) is 8.79. The van der Waals surface area contributed by atoms with E-state index in [0.29, 0.717) is 17.6 Å². The van der Waals surface area contributed by atoms with E-state index in [2.05, 4.69) is 15.6 Å². The molecule has 0 amide bonds. The van der Waals surface area contributed by atoms with E-state index in [1.807, 2.05) is 23.9 Å². The van der Waals surface area contributed by atoms with Crippen molar-refractivity contribution in [1.29, 1.82) is 5.26 Å². The van der Waals surface area contributed by atoms with Crippen LogP contribution in [-0.4, -0.2) is 21.1 Å². The van der Waals surface area contributed by atoms with Gasteiger partial charge in [0.15, 0.2) is 0 Å². The summed E-state index contributed by atoms with van der Waals surface area (Å²) in [6.07, 6.45) is 2.24. The average molecular weight is 258 g/mol. The molecule has 0 spiro atoms. The summed E-state index contributed by atoms with van der Waals surface area (Å²) in [5, 5.41) is 8.99. The van der Waals surface area contributed by atoms with Gasteiger partial charge < -0.3 is 10.3 Å². The Hall–Kier alpha value is -1.67. The summed E-state index contributed by atoms with van der Waals surface area (Å²) in [5.74, 6) is 2.90. The fourth-order valence-electron chi connectivity index (χ4n) is 2.51. The van der Waals surface area contributed by atoms with Crippen molar-refractivity contribution in [3.63, 3.8) is 0 Å². The van der Waals surface area contributed by atoms with E-state index in [1.54, 1.807) is 6.07 Å². The van der Waals surface area contributed by atoms with Gasteiger partial charge in [-0.3, -0.25) is 0 Å². The van der Waals surface area contributed by atoms with Crippen LogP contribution in [0.4, 0.5) is 5.95 Å². The number of hydrogen-bond acceptors (Lipinski definition) is 4. The Kier molecular flexibility index (Phi) is 2.88. The minimum Gasteiger partial charge on any atom is -0.369 e. The second-order valence-electron chi connectivity index (χ2n) is 4.50. The highest BCUT2D eigenvalue weighted by atomic mass is 32.2. The number of fused-ring (bicyclic) bond motifs is 1. The van der Waals surface area contributed by atoms with Crippen LogP contribution in [0.5, 0.6) is 0 Å². The van der Waals surface area contributed by atoms with Crippen molar-refractivity contribution < 1.29 is 0 Å². The number of rotatable bonds is 1. The van der Waals surface area contributed by atoms with Gasteiger partial charge in [0.25, 0.3) is 0 Å². The van der Waals surface area contributed by atoms with Gasteiger partial charge in [0.2, 0.25) is 5.95 Å². The van der Waals surface area contributed by atoms with Crippen molar-refractivity contribution in [3.8, 4) is 6.07 Å². The molecule has 0 atom stereocenters. The topological polar surface area (TPSA) is 67.6 Å². The van der Waals surface area contributed by atoms with Gasteiger partial charge in [0.1, 0.15) is 0 Å². The molecule has 2 N–H and O–H groups in total. The predicted molar refractivity (Wildman–Crippen MR) is 74.5 cm³/mol. The molecule has 1 aliphatic heterocycles. The van der Waals surface area contributed by atoms with Crippen molar-refractivity contribution in [2.24, 2.45) is 0 Å². The third-order valence-corrected chi connectivity index (χ3v) is 4.45. The molecule has 4 nitrogen and oxygen atoms in total. The molecule has 1 saturated heterocycles. The van der Waals surface area contributed by atoms with Gasteiger partial charge in [-0.25, -0.2) is 4.98 Å². The van der Waals surface area contributed by atoms with Gasteiger partial charge in [0, 0.05) is 6.04 Å². The maximum absolute atomic E-state index is 8.99. The molecule has 1 fully saturated rings. The Bertz CT molecular complexity index is 620. The van der Waals surface area contributed by atoms with E-state index in [-0.39, 0.29) is 0 Å². The molecule has 0 unspecified atom stereocenters. The summed E-state index contributed by atoms with van der Waals surface area (Å²) < 4.78 is 2.11. The van der Waals surface area contributed by atoms with Gasteiger partial charge in [-0.05, 0) is 42.5 Å². The second-order valence-corrected chi connectivity index (χ2v) is 5.72. The molecule has 2 aromatic rings. The van der Waals surface area contributed by atoms with Crippen molar-refractivity contribution >= 4 is 28.7 Å². The maximum Gasteiger partial charge on any atom is 0.201 e. The fourth-order valence-corrected chi connectivity index (χ4v) is 3.59. The Morgan fingerprint density at radius 3 is 2.89 bits per heavy atom. The molecule has 5 heteroatoms. The number of imidazole rings is 1. The number of nitrogens with zero attached hydrogens (tertiary/aromatic N) is 3. The van der Waals surface area contributed by atoms with E-state index < -0.39 is 0 Å². The van der Waals surface area contributed by atoms with Gasteiger partial charge in [0.05, 0.1) is 22.7 Å². The van der Waals surface area contributed by atoms with Crippen LogP contribution in [0.1, 0.15) is 24.4 Å². The van der Waals surface area contributed by atoms with Crippen LogP contribution in [0, 0.1) is 11.3 Å². The number of nitriles is 1. The number of anilines is 1. The van der Waals surface area contributed by atoms with Crippen LogP contribution in [0.2, 0.25) is 0 Å². The number of hydrogen-bond donors (Lipinski definition) is 1. The molecule has 18 heavy (non-hydrogen) atoms. The molecule has 1 aliphatic rings. The zero-order chi connectivity index (χ0) is 12.5. The molecule has 1 aromatic carbocycles. The van der Waals surface area contributed by atoms with E-state index in [0.717, 1.165) is 23.9 Å². The highest BCUT2D eigenvalue weighted by molar-refractivity contribution is 7.99. The summed E-state index contributed by atoms with van der Waals surface area (Å²) >= 11 is 1.99. The average Bonchev–Trinajstić information content (AvgIpc) is 2.74. The third-order valence-electron chi connectivity index (χ3n) is 3.40. The Labute approximate surface area is 110 Å². The van der Waals surface area contributed by atoms with Gasteiger partial charge in [-0.15, -0.1) is 0 Å². The van der Waals surface area contributed by atoms with Crippen molar-refractivity contribution in [2.45, 2.75) is 18.9 Å². The van der Waals surface area contributed by atoms with E-state index in [4.69, 9.17) is 11.0 Å². The van der Waals surface area contributed by atoms with Crippen molar-refractivity contribution in [3.05, 3.63) is 23.8 Å². The van der Waals surface area contributed by atoms with Gasteiger partial charge in [-0.1, -0.05) is 0 Å². The normalized spacial score (nSPS) is 16.8. The Morgan fingerprint density at radius 1 is 1.39 bits per heavy atom. The lowest BCUT2D eigenvalue weighted by atomic mass is 10.1. The summed E-state index contributed by atoms with van der Waals surface area (Å²) in [4.78, 5) is 4.39. The van der Waals surface area contributed by atoms with Crippen LogP contribution in [0.3, 0.4) is 0 Å². The van der Waals surface area contributed by atoms with Crippen molar-refractivity contribution in [1.82, 2.24) is 9.55 Å². The minimum absolute atomic E-state index is 0.421. The zero-order valence-corrected chi connectivity index (χ0v) is 10.8. The Balaban J connectivity index is 2.14. The molecular formula is C13H14N4S. The van der Waals surface area contributed by atoms with Crippen LogP contribution in [0.25, 0.3) is 11.0 Å². The molecule has 0 saturated carbocycles. The second kappa shape index (κ2) is 4.54. The van der Waals surface area contributed by atoms with Gasteiger partial charge in [-0.2, -0.15) is 17.0 Å². The summed E-state index contributed by atoms with van der Waals surface area (Å²) in [5.41, 5.74) is 8.57. The lowest BCUT2D eigenvalue weighted by Crippen LogP contribution is -2.17.